The van der Waals surface area contributed by atoms with Crippen LogP contribution in [-0.4, -0.2) is 65.5 Å². The Morgan fingerprint density at radius 3 is 2.56 bits per heavy atom. The number of piperazine rings is 1. The molecule has 0 aliphatic carbocycles. The number of nitrogens with one attached hydrogen (secondary N) is 1. The number of hydrogen-bond donors (Lipinski definition) is 1. The highest BCUT2D eigenvalue weighted by Gasteiger charge is 2.21. The normalized spacial score (nSPS) is 15.0. The second-order valence-electron chi connectivity index (χ2n) is 5.88. The molecule has 0 spiro atoms. The maximum atomic E-state index is 12.5. The number of ether oxygens (including phenoxy) is 1. The first-order valence-electron chi connectivity index (χ1n) is 8.44. The van der Waals surface area contributed by atoms with Gasteiger partial charge < -0.3 is 19.9 Å². The molecule has 0 saturated carbocycles. The number of nitrogens with zero attached hydrogens (tertiary/aromatic N) is 4. The van der Waals surface area contributed by atoms with E-state index in [1.165, 1.54) is 0 Å². The average molecular weight is 341 g/mol. The van der Waals surface area contributed by atoms with Gasteiger partial charge in [-0.3, -0.25) is 4.79 Å². The summed E-state index contributed by atoms with van der Waals surface area (Å²) in [4.78, 5) is 25.2. The summed E-state index contributed by atoms with van der Waals surface area (Å²) in [6, 6.07) is 7.51. The monoisotopic (exact) mass is 341 g/mol. The number of carbonyl (C=O) groups is 1. The van der Waals surface area contributed by atoms with E-state index in [-0.39, 0.29) is 5.91 Å². The quantitative estimate of drug-likeness (QED) is 0.897. The zero-order chi connectivity index (χ0) is 17.6. The van der Waals surface area contributed by atoms with Crippen molar-refractivity contribution in [2.24, 2.45) is 0 Å². The van der Waals surface area contributed by atoms with Crippen LogP contribution in [0.15, 0.2) is 36.7 Å². The molecule has 1 amide bonds. The van der Waals surface area contributed by atoms with Crippen molar-refractivity contribution in [1.29, 1.82) is 0 Å². The molecule has 2 aromatic rings. The number of likely N-dealkylation sites (N-methyl/N-ethyl adjacent to an activating group) is 1. The summed E-state index contributed by atoms with van der Waals surface area (Å²) in [5, 5.41) is 3.10. The Balaban J connectivity index is 1.62. The molecule has 0 bridgehead atoms. The van der Waals surface area contributed by atoms with E-state index in [2.05, 4.69) is 27.1 Å². The molecular weight excluding hydrogens is 318 g/mol. The van der Waals surface area contributed by atoms with Crippen molar-refractivity contribution in [1.82, 2.24) is 19.8 Å². The lowest BCUT2D eigenvalue weighted by molar-refractivity contribution is 0.0642. The fourth-order valence-electron chi connectivity index (χ4n) is 2.78. The minimum atomic E-state index is -0.0105. The van der Waals surface area contributed by atoms with Crippen LogP contribution in [0.3, 0.4) is 0 Å². The molecule has 1 aliphatic rings. The van der Waals surface area contributed by atoms with E-state index in [1.54, 1.807) is 19.5 Å². The van der Waals surface area contributed by atoms with Gasteiger partial charge in [0.25, 0.3) is 5.91 Å². The van der Waals surface area contributed by atoms with E-state index in [0.717, 1.165) is 44.2 Å². The summed E-state index contributed by atoms with van der Waals surface area (Å²) in [6.45, 7) is 6.49. The van der Waals surface area contributed by atoms with Crippen LogP contribution in [0.1, 0.15) is 17.3 Å². The summed E-state index contributed by atoms with van der Waals surface area (Å²) in [6.07, 6.45) is 3.15. The molecule has 1 aromatic carbocycles. The third-order valence-electron chi connectivity index (χ3n) is 4.33. The predicted molar refractivity (Wildman–Crippen MR) is 96.3 cm³/mol. The molecule has 0 radical (unpaired) electrons. The van der Waals surface area contributed by atoms with Crippen molar-refractivity contribution >= 4 is 17.5 Å². The van der Waals surface area contributed by atoms with Crippen molar-refractivity contribution in [2.45, 2.75) is 6.92 Å². The maximum absolute atomic E-state index is 12.5. The smallest absolute Gasteiger partial charge is 0.257 e. The van der Waals surface area contributed by atoms with Crippen LogP contribution in [0.5, 0.6) is 5.75 Å². The number of aromatic nitrogens is 2. The van der Waals surface area contributed by atoms with Crippen LogP contribution < -0.4 is 10.1 Å². The largest absolute Gasteiger partial charge is 0.497 e. The van der Waals surface area contributed by atoms with Gasteiger partial charge in [-0.1, -0.05) is 13.0 Å². The zero-order valence-corrected chi connectivity index (χ0v) is 14.6. The number of amides is 1. The second-order valence-corrected chi connectivity index (χ2v) is 5.88. The molecule has 25 heavy (non-hydrogen) atoms. The third-order valence-corrected chi connectivity index (χ3v) is 4.33. The van der Waals surface area contributed by atoms with Crippen LogP contribution in [0.2, 0.25) is 0 Å². The third kappa shape index (κ3) is 4.24. The molecule has 7 heteroatoms. The Morgan fingerprint density at radius 2 is 1.92 bits per heavy atom. The molecule has 1 fully saturated rings. The Hall–Kier alpha value is -2.67. The lowest BCUT2D eigenvalue weighted by Crippen LogP contribution is -2.48. The highest BCUT2D eigenvalue weighted by molar-refractivity contribution is 5.93. The van der Waals surface area contributed by atoms with Crippen molar-refractivity contribution in [3.63, 3.8) is 0 Å². The average Bonchev–Trinajstić information content (AvgIpc) is 2.68. The fourth-order valence-corrected chi connectivity index (χ4v) is 2.78. The van der Waals surface area contributed by atoms with Crippen LogP contribution in [0, 0.1) is 0 Å². The molecule has 7 nitrogen and oxygen atoms in total. The highest BCUT2D eigenvalue weighted by Crippen LogP contribution is 2.19. The molecule has 0 atom stereocenters. The van der Waals surface area contributed by atoms with E-state index in [4.69, 9.17) is 4.74 Å². The van der Waals surface area contributed by atoms with Gasteiger partial charge in [-0.2, -0.15) is 0 Å². The number of rotatable bonds is 5. The first-order valence-corrected chi connectivity index (χ1v) is 8.44. The minimum Gasteiger partial charge on any atom is -0.497 e. The lowest BCUT2D eigenvalue weighted by Gasteiger charge is -2.33. The zero-order valence-electron chi connectivity index (χ0n) is 14.6. The number of carbonyl (C=O) groups excluding carboxylic acids is 1. The summed E-state index contributed by atoms with van der Waals surface area (Å²) in [7, 11) is 1.62. The fraction of sp³-hybridized carbons (Fsp3) is 0.389. The van der Waals surface area contributed by atoms with E-state index in [0.29, 0.717) is 11.5 Å². The van der Waals surface area contributed by atoms with Crippen LogP contribution >= 0.6 is 0 Å². The van der Waals surface area contributed by atoms with E-state index in [1.807, 2.05) is 29.2 Å². The summed E-state index contributed by atoms with van der Waals surface area (Å²) in [5.41, 5.74) is 1.34. The summed E-state index contributed by atoms with van der Waals surface area (Å²) < 4.78 is 5.19. The molecule has 2 heterocycles. The van der Waals surface area contributed by atoms with Crippen LogP contribution in [0.4, 0.5) is 11.6 Å². The van der Waals surface area contributed by atoms with Gasteiger partial charge in [0, 0.05) is 50.3 Å². The molecular formula is C18H23N5O2. The van der Waals surface area contributed by atoms with Crippen molar-refractivity contribution in [3.8, 4) is 5.75 Å². The Morgan fingerprint density at radius 1 is 1.20 bits per heavy atom. The SMILES string of the molecule is CCN1CCN(C(=O)c2cnc(Nc3cccc(OC)c3)nc2)CC1. The number of hydrogen-bond acceptors (Lipinski definition) is 6. The molecule has 1 aliphatic heterocycles. The highest BCUT2D eigenvalue weighted by atomic mass is 16.5. The first-order chi connectivity index (χ1) is 12.2. The molecule has 1 saturated heterocycles. The van der Waals surface area contributed by atoms with Crippen molar-refractivity contribution in [2.75, 3.05) is 45.2 Å². The van der Waals surface area contributed by atoms with Gasteiger partial charge in [0.2, 0.25) is 5.95 Å². The second kappa shape index (κ2) is 7.94. The predicted octanol–water partition coefficient (Wildman–Crippen LogP) is 2.01. The maximum Gasteiger partial charge on any atom is 0.257 e. The van der Waals surface area contributed by atoms with Gasteiger partial charge in [0.1, 0.15) is 5.75 Å². The molecule has 1 N–H and O–H groups in total. The van der Waals surface area contributed by atoms with Crippen LogP contribution in [0.25, 0.3) is 0 Å². The van der Waals surface area contributed by atoms with Crippen molar-refractivity contribution in [3.05, 3.63) is 42.2 Å². The van der Waals surface area contributed by atoms with Gasteiger partial charge in [-0.05, 0) is 18.7 Å². The number of methoxy groups -OCH3 is 1. The number of benzene rings is 1. The first kappa shape index (κ1) is 17.2. The Kier molecular flexibility index (Phi) is 5.45. The summed E-state index contributed by atoms with van der Waals surface area (Å²) >= 11 is 0. The van der Waals surface area contributed by atoms with Gasteiger partial charge in [-0.25, -0.2) is 9.97 Å². The van der Waals surface area contributed by atoms with E-state index in [9.17, 15) is 4.79 Å². The lowest BCUT2D eigenvalue weighted by atomic mass is 10.2. The van der Waals surface area contributed by atoms with Gasteiger partial charge >= 0.3 is 0 Å². The molecule has 1 aromatic heterocycles. The Bertz CT molecular complexity index is 712. The van der Waals surface area contributed by atoms with Gasteiger partial charge in [-0.15, -0.1) is 0 Å². The topological polar surface area (TPSA) is 70.6 Å². The van der Waals surface area contributed by atoms with E-state index < -0.39 is 0 Å². The van der Waals surface area contributed by atoms with Gasteiger partial charge in [0.15, 0.2) is 0 Å². The van der Waals surface area contributed by atoms with E-state index >= 15 is 0 Å². The van der Waals surface area contributed by atoms with Gasteiger partial charge in [0.05, 0.1) is 12.7 Å². The Labute approximate surface area is 147 Å². The molecule has 3 rings (SSSR count). The summed E-state index contributed by atoms with van der Waals surface area (Å²) in [5.74, 6) is 1.19. The van der Waals surface area contributed by atoms with Crippen molar-refractivity contribution < 1.29 is 9.53 Å². The molecule has 132 valence electrons. The number of anilines is 2. The minimum absolute atomic E-state index is 0.0105. The van der Waals surface area contributed by atoms with Crippen LogP contribution in [-0.2, 0) is 0 Å². The standard InChI is InChI=1S/C18H23N5O2/c1-3-22-7-9-23(10-8-22)17(24)14-12-19-18(20-13-14)21-15-5-4-6-16(11-15)25-2/h4-6,11-13H,3,7-10H2,1-2H3,(H,19,20,21). The molecule has 0 unspecified atom stereocenters.